The zero-order valence-corrected chi connectivity index (χ0v) is 12.6. The highest BCUT2D eigenvalue weighted by atomic mass is 32.2. The molecular formula is C14H20N2O2S. The first kappa shape index (κ1) is 15.7. The summed E-state index contributed by atoms with van der Waals surface area (Å²) < 4.78 is 27.1. The molecule has 0 aliphatic rings. The summed E-state index contributed by atoms with van der Waals surface area (Å²) in [5.74, 6) is 0. The fourth-order valence-electron chi connectivity index (χ4n) is 1.51. The molecule has 19 heavy (non-hydrogen) atoms. The molecule has 0 unspecified atom stereocenters. The summed E-state index contributed by atoms with van der Waals surface area (Å²) in [7, 11) is -3.52. The van der Waals surface area contributed by atoms with E-state index >= 15 is 0 Å². The van der Waals surface area contributed by atoms with Crippen molar-refractivity contribution in [3.8, 4) is 6.07 Å². The zero-order valence-electron chi connectivity index (χ0n) is 11.8. The van der Waals surface area contributed by atoms with Crippen LogP contribution in [0.25, 0.3) is 0 Å². The Bertz CT molecular complexity index is 598. The summed E-state index contributed by atoms with van der Waals surface area (Å²) in [5.41, 5.74) is 0.972. The third kappa shape index (κ3) is 4.05. The molecule has 0 aliphatic carbocycles. The van der Waals surface area contributed by atoms with Gasteiger partial charge in [-0.15, -0.1) is 0 Å². The molecule has 0 aliphatic heterocycles. The summed E-state index contributed by atoms with van der Waals surface area (Å²) in [4.78, 5) is 0.235. The van der Waals surface area contributed by atoms with Crippen LogP contribution in [0.1, 0.15) is 38.3 Å². The quantitative estimate of drug-likeness (QED) is 0.901. The van der Waals surface area contributed by atoms with Gasteiger partial charge in [0.1, 0.15) is 0 Å². The molecule has 4 nitrogen and oxygen atoms in total. The number of nitriles is 1. The minimum absolute atomic E-state index is 0.0758. The maximum Gasteiger partial charge on any atom is 0.240 e. The molecule has 0 saturated carbocycles. The van der Waals surface area contributed by atoms with Crippen LogP contribution in [-0.4, -0.2) is 15.0 Å². The fraction of sp³-hybridized carbons (Fsp3) is 0.500. The first-order valence-corrected chi connectivity index (χ1v) is 7.70. The van der Waals surface area contributed by atoms with E-state index in [4.69, 9.17) is 5.26 Å². The van der Waals surface area contributed by atoms with Crippen LogP contribution in [0.15, 0.2) is 23.1 Å². The van der Waals surface area contributed by atoms with Crippen molar-refractivity contribution >= 4 is 10.0 Å². The van der Waals surface area contributed by atoms with Crippen LogP contribution in [0.3, 0.4) is 0 Å². The van der Waals surface area contributed by atoms with E-state index in [0.717, 1.165) is 6.42 Å². The first-order chi connectivity index (χ1) is 8.72. The van der Waals surface area contributed by atoms with Gasteiger partial charge in [0.05, 0.1) is 16.5 Å². The average Bonchev–Trinajstić information content (AvgIpc) is 2.36. The van der Waals surface area contributed by atoms with Crippen LogP contribution in [0.4, 0.5) is 0 Å². The normalized spacial score (nSPS) is 12.2. The molecule has 0 bridgehead atoms. The number of rotatable bonds is 5. The van der Waals surface area contributed by atoms with Gasteiger partial charge in [-0.2, -0.15) is 5.26 Å². The highest BCUT2D eigenvalue weighted by Gasteiger charge is 2.22. The van der Waals surface area contributed by atoms with Gasteiger partial charge >= 0.3 is 0 Å². The molecule has 1 N–H and O–H groups in total. The van der Waals surface area contributed by atoms with Gasteiger partial charge in [-0.3, -0.25) is 0 Å². The Balaban J connectivity index is 2.99. The molecule has 0 heterocycles. The molecule has 5 heteroatoms. The van der Waals surface area contributed by atoms with Gasteiger partial charge < -0.3 is 0 Å². The van der Waals surface area contributed by atoms with E-state index in [1.165, 1.54) is 12.1 Å². The molecule has 104 valence electrons. The highest BCUT2D eigenvalue weighted by molar-refractivity contribution is 7.89. The van der Waals surface area contributed by atoms with Crippen molar-refractivity contribution in [3.05, 3.63) is 29.3 Å². The molecule has 0 amide bonds. The summed E-state index contributed by atoms with van der Waals surface area (Å²) in [6.45, 7) is 8.15. The first-order valence-electron chi connectivity index (χ1n) is 6.22. The maximum absolute atomic E-state index is 12.2. The molecule has 0 fully saturated rings. The number of aryl methyl sites for hydroxylation is 1. The van der Waals surface area contributed by atoms with Gasteiger partial charge in [-0.1, -0.05) is 20.8 Å². The minimum atomic E-state index is -3.52. The Hall–Kier alpha value is -1.38. The number of hydrogen-bond acceptors (Lipinski definition) is 3. The molecule has 0 aromatic heterocycles. The van der Waals surface area contributed by atoms with E-state index in [9.17, 15) is 8.42 Å². The van der Waals surface area contributed by atoms with Crippen molar-refractivity contribution in [3.63, 3.8) is 0 Å². The van der Waals surface area contributed by atoms with Crippen molar-refractivity contribution in [2.24, 2.45) is 5.41 Å². The van der Waals surface area contributed by atoms with Crippen molar-refractivity contribution in [2.75, 3.05) is 6.54 Å². The van der Waals surface area contributed by atoms with E-state index in [2.05, 4.69) is 4.72 Å². The lowest BCUT2D eigenvalue weighted by molar-refractivity contribution is 0.350. The Morgan fingerprint density at radius 3 is 2.47 bits per heavy atom. The van der Waals surface area contributed by atoms with Crippen molar-refractivity contribution in [1.82, 2.24) is 4.72 Å². The molecule has 0 saturated heterocycles. The Morgan fingerprint density at radius 2 is 2.00 bits per heavy atom. The van der Waals surface area contributed by atoms with E-state index < -0.39 is 10.0 Å². The second kappa shape index (κ2) is 5.72. The Kier molecular flexibility index (Phi) is 4.72. The van der Waals surface area contributed by atoms with Gasteiger partial charge in [0.25, 0.3) is 0 Å². The zero-order chi connectivity index (χ0) is 14.7. The lowest BCUT2D eigenvalue weighted by Crippen LogP contribution is -2.33. The molecule has 0 radical (unpaired) electrons. The van der Waals surface area contributed by atoms with E-state index in [1.807, 2.05) is 26.8 Å². The van der Waals surface area contributed by atoms with Gasteiger partial charge in [0.15, 0.2) is 0 Å². The topological polar surface area (TPSA) is 70.0 Å². The predicted octanol–water partition coefficient (Wildman–Crippen LogP) is 2.58. The van der Waals surface area contributed by atoms with Crippen LogP contribution in [0.5, 0.6) is 0 Å². The highest BCUT2D eigenvalue weighted by Crippen LogP contribution is 2.21. The molecule has 1 rings (SSSR count). The Labute approximate surface area is 115 Å². The number of nitrogens with zero attached hydrogens (tertiary/aromatic N) is 1. The lowest BCUT2D eigenvalue weighted by atomic mass is 9.91. The molecular weight excluding hydrogens is 260 g/mol. The van der Waals surface area contributed by atoms with Gasteiger partial charge in [-0.25, -0.2) is 13.1 Å². The van der Waals surface area contributed by atoms with Crippen molar-refractivity contribution in [1.29, 1.82) is 5.26 Å². The van der Waals surface area contributed by atoms with Crippen LogP contribution in [0, 0.1) is 23.7 Å². The van der Waals surface area contributed by atoms with Gasteiger partial charge in [-0.05, 0) is 42.5 Å². The van der Waals surface area contributed by atoms with E-state index in [-0.39, 0.29) is 10.3 Å². The van der Waals surface area contributed by atoms with Crippen LogP contribution in [-0.2, 0) is 10.0 Å². The summed E-state index contributed by atoms with van der Waals surface area (Å²) in [5, 5.41) is 8.78. The van der Waals surface area contributed by atoms with Crippen LogP contribution < -0.4 is 4.72 Å². The Morgan fingerprint density at radius 1 is 1.37 bits per heavy atom. The van der Waals surface area contributed by atoms with Crippen LogP contribution >= 0.6 is 0 Å². The maximum atomic E-state index is 12.2. The number of nitrogens with one attached hydrogen (secondary N) is 1. The summed E-state index contributed by atoms with van der Waals surface area (Å²) in [6.07, 6.45) is 0.891. The number of sulfonamides is 1. The van der Waals surface area contributed by atoms with Crippen molar-refractivity contribution in [2.45, 2.75) is 39.0 Å². The summed E-state index contributed by atoms with van der Waals surface area (Å²) in [6, 6.07) is 6.58. The molecule has 1 aromatic carbocycles. The number of hydrogen-bond donors (Lipinski definition) is 1. The standard InChI is InChI=1S/C14H20N2O2S/c1-5-14(3,4)10-16-19(17,18)13-7-6-12(9-15)8-11(13)2/h6-8,16H,5,10H2,1-4H3. The third-order valence-electron chi connectivity index (χ3n) is 3.29. The SMILES string of the molecule is CCC(C)(C)CNS(=O)(=O)c1ccc(C#N)cc1C. The second-order valence-corrected chi connectivity index (χ2v) is 7.17. The van der Waals surface area contributed by atoms with Gasteiger partial charge in [0.2, 0.25) is 10.0 Å². The smallest absolute Gasteiger partial charge is 0.211 e. The minimum Gasteiger partial charge on any atom is -0.211 e. The average molecular weight is 280 g/mol. The fourth-order valence-corrected chi connectivity index (χ4v) is 2.98. The molecule has 0 atom stereocenters. The van der Waals surface area contributed by atoms with E-state index in [0.29, 0.717) is 17.7 Å². The predicted molar refractivity (Wildman–Crippen MR) is 75.2 cm³/mol. The van der Waals surface area contributed by atoms with Gasteiger partial charge in [0, 0.05) is 6.54 Å². The van der Waals surface area contributed by atoms with Crippen LogP contribution in [0.2, 0.25) is 0 Å². The summed E-state index contributed by atoms with van der Waals surface area (Å²) >= 11 is 0. The third-order valence-corrected chi connectivity index (χ3v) is 4.85. The molecule has 1 aromatic rings. The monoisotopic (exact) mass is 280 g/mol. The second-order valence-electron chi connectivity index (χ2n) is 5.43. The molecule has 0 spiro atoms. The van der Waals surface area contributed by atoms with E-state index in [1.54, 1.807) is 13.0 Å². The lowest BCUT2D eigenvalue weighted by Gasteiger charge is -2.23. The number of benzene rings is 1. The largest absolute Gasteiger partial charge is 0.240 e. The van der Waals surface area contributed by atoms with Crippen molar-refractivity contribution < 1.29 is 8.42 Å².